The maximum Gasteiger partial charge on any atom is 0.397 e. The first-order valence-electron chi connectivity index (χ1n) is 20.9. The number of rotatable bonds is 16. The highest BCUT2D eigenvalue weighted by Gasteiger charge is 2.38. The molecule has 2 aliphatic rings. The minimum atomic E-state index is -4.96. The molecule has 0 radical (unpaired) electrons. The molecule has 32 heteroatoms. The maximum absolute atomic E-state index is 13.4. The first kappa shape index (κ1) is 56.4. The Morgan fingerprint density at radius 3 is 1.13 bits per heavy atom. The zero-order valence-electron chi connectivity index (χ0n) is 38.0. The second kappa shape index (κ2) is 20.7. The van der Waals surface area contributed by atoms with E-state index in [1.54, 1.807) is 0 Å². The third-order valence-electron chi connectivity index (χ3n) is 11.1. The first-order valence-corrected chi connectivity index (χ1v) is 29.8. The van der Waals surface area contributed by atoms with Crippen LogP contribution in [0.2, 0.25) is 0 Å². The number of benzene rings is 6. The average molecular weight is 1170 g/mol. The van der Waals surface area contributed by atoms with Crippen LogP contribution in [0.15, 0.2) is 129 Å². The lowest BCUT2D eigenvalue weighted by Gasteiger charge is -2.23. The fourth-order valence-corrected chi connectivity index (χ4v) is 12.1. The summed E-state index contributed by atoms with van der Waals surface area (Å²) in [6.07, 6.45) is 0. The largest absolute Gasteiger partial charge is 0.397 e. The van der Waals surface area contributed by atoms with Crippen molar-refractivity contribution < 1.29 is 96.3 Å². The minimum absolute atomic E-state index is 0.00248. The summed E-state index contributed by atoms with van der Waals surface area (Å²) in [6.45, 7) is -1.69. The van der Waals surface area contributed by atoms with Gasteiger partial charge in [0.15, 0.2) is 42.8 Å². The smallest absolute Gasteiger partial charge is 0.397 e. The van der Waals surface area contributed by atoms with Crippen molar-refractivity contribution in [3.8, 4) is 0 Å². The van der Waals surface area contributed by atoms with Crippen LogP contribution in [-0.2, 0) is 69.1 Å². The van der Waals surface area contributed by atoms with Crippen LogP contribution in [0.3, 0.4) is 0 Å². The zero-order valence-corrected chi connectivity index (χ0v) is 42.9. The monoisotopic (exact) mass is 1160 g/mol. The minimum Gasteiger partial charge on any atom is -0.397 e. The number of carbonyl (C=O) groups is 4. The number of nitrogen functional groups attached to an aromatic ring is 2. The molecule has 8 rings (SSSR count). The van der Waals surface area contributed by atoms with Crippen molar-refractivity contribution in [2.45, 2.75) is 19.6 Å². The van der Waals surface area contributed by atoms with E-state index in [0.29, 0.717) is 0 Å². The van der Waals surface area contributed by atoms with Gasteiger partial charge in [0.2, 0.25) is 0 Å². The lowest BCUT2D eigenvalue weighted by atomic mass is 9.82. The molecular formula is C44H36N4O22S6. The number of carbonyl (C=O) groups excluding carboxylic acids is 4. The number of nitrogens with one attached hydrogen (secondary N) is 2. The van der Waals surface area contributed by atoms with E-state index in [1.807, 2.05) is 0 Å². The van der Waals surface area contributed by atoms with Gasteiger partial charge in [-0.1, -0.05) is 54.6 Å². The van der Waals surface area contributed by atoms with Gasteiger partial charge in [-0.3, -0.25) is 37.4 Å². The Hall–Kier alpha value is -7.34. The standard InChI is InChI=1S/2C22H18N2O11S3/c23-20-17(37(29,30)31)11-16(18-19(20)22(26)15-7-2-1-6-14(15)21(18)25)24-12-4-3-5-13(10-12)36(27,28)9-8-35-38(32,33)34;23-20-17(37(29,30)31)11-16(18-19(20)22(26)15-4-2-1-3-14(15)21(18)25)24-12-5-7-13(8-6-12)36(27,28)10-9-35-38(32,33)34/h1-7,10-11,24H,8-9,23H2,(H,29,30,31)(H,32,33,34);1-8,11,24H,9-10,23H2,(H,29,30,31)(H,32,33,34). The van der Waals surface area contributed by atoms with E-state index in [4.69, 9.17) is 20.6 Å². The molecule has 0 spiro atoms. The van der Waals surface area contributed by atoms with Gasteiger partial charge in [0.1, 0.15) is 9.79 Å². The third kappa shape index (κ3) is 12.0. The zero-order chi connectivity index (χ0) is 56.1. The molecular weight excluding hydrogens is 1130 g/mol. The highest BCUT2D eigenvalue weighted by molar-refractivity contribution is 7.91. The van der Waals surface area contributed by atoms with E-state index in [1.165, 1.54) is 78.9 Å². The number of fused-ring (bicyclic) bond motifs is 4. The molecule has 0 aromatic heterocycles. The van der Waals surface area contributed by atoms with Crippen LogP contribution >= 0.6 is 0 Å². The molecule has 26 nitrogen and oxygen atoms in total. The van der Waals surface area contributed by atoms with Gasteiger partial charge in [0.25, 0.3) is 20.2 Å². The molecule has 0 atom stereocenters. The molecule has 0 bridgehead atoms. The molecule has 0 heterocycles. The lowest BCUT2D eigenvalue weighted by Crippen LogP contribution is -2.25. The molecule has 400 valence electrons. The van der Waals surface area contributed by atoms with Crippen molar-refractivity contribution in [3.05, 3.63) is 154 Å². The Morgan fingerprint density at radius 2 is 0.763 bits per heavy atom. The summed E-state index contributed by atoms with van der Waals surface area (Å²) in [7, 11) is -27.7. The quantitative estimate of drug-likeness (QED) is 0.0508. The molecule has 2 aliphatic carbocycles. The summed E-state index contributed by atoms with van der Waals surface area (Å²) in [4.78, 5) is 50.9. The Bertz CT molecular complexity index is 4190. The van der Waals surface area contributed by atoms with Crippen molar-refractivity contribution in [2.24, 2.45) is 0 Å². The second-order valence-corrected chi connectivity index (χ2v) is 25.1. The predicted octanol–water partition coefficient (Wildman–Crippen LogP) is 3.26. The summed E-state index contributed by atoms with van der Waals surface area (Å²) in [5.41, 5.74) is 9.05. The predicted molar refractivity (Wildman–Crippen MR) is 267 cm³/mol. The van der Waals surface area contributed by atoms with E-state index in [-0.39, 0.29) is 65.9 Å². The molecule has 0 aliphatic heterocycles. The van der Waals surface area contributed by atoms with E-state index in [9.17, 15) is 78.8 Å². The summed E-state index contributed by atoms with van der Waals surface area (Å²) >= 11 is 0. The highest BCUT2D eigenvalue weighted by atomic mass is 32.3. The molecule has 10 N–H and O–H groups in total. The van der Waals surface area contributed by atoms with E-state index >= 15 is 0 Å². The van der Waals surface area contributed by atoms with Gasteiger partial charge in [-0.05, 0) is 54.6 Å². The van der Waals surface area contributed by atoms with Crippen molar-refractivity contribution in [3.63, 3.8) is 0 Å². The van der Waals surface area contributed by atoms with Crippen LogP contribution in [0.4, 0.5) is 34.1 Å². The molecule has 76 heavy (non-hydrogen) atoms. The van der Waals surface area contributed by atoms with Crippen LogP contribution in [0, 0.1) is 0 Å². The van der Waals surface area contributed by atoms with E-state index in [0.717, 1.165) is 30.3 Å². The maximum atomic E-state index is 13.4. The molecule has 0 saturated carbocycles. The van der Waals surface area contributed by atoms with Gasteiger partial charge in [0, 0.05) is 33.6 Å². The molecule has 0 amide bonds. The van der Waals surface area contributed by atoms with Gasteiger partial charge in [-0.2, -0.15) is 33.7 Å². The number of sulfone groups is 2. The first-order chi connectivity index (χ1) is 35.2. The van der Waals surface area contributed by atoms with Crippen molar-refractivity contribution in [1.29, 1.82) is 0 Å². The van der Waals surface area contributed by atoms with Gasteiger partial charge in [-0.15, -0.1) is 0 Å². The highest BCUT2D eigenvalue weighted by Crippen LogP contribution is 2.42. The van der Waals surface area contributed by atoms with Crippen LogP contribution in [0.5, 0.6) is 0 Å². The lowest BCUT2D eigenvalue weighted by molar-refractivity contribution is 0.0980. The molecule has 6 aromatic rings. The number of anilines is 6. The third-order valence-corrected chi connectivity index (χ3v) is 17.2. The van der Waals surface area contributed by atoms with Gasteiger partial charge in [0.05, 0.1) is 79.5 Å². The second-order valence-electron chi connectivity index (χ2n) is 16.0. The Balaban J connectivity index is 0.000000221. The Morgan fingerprint density at radius 1 is 0.408 bits per heavy atom. The number of hydrogen-bond acceptors (Lipinski definition) is 22. The van der Waals surface area contributed by atoms with Gasteiger partial charge >= 0.3 is 20.8 Å². The fraction of sp³-hybridized carbons (Fsp3) is 0.0909. The summed E-state index contributed by atoms with van der Waals surface area (Å²) in [5, 5.41) is 5.47. The number of nitrogens with two attached hydrogens (primary N) is 2. The summed E-state index contributed by atoms with van der Waals surface area (Å²) in [6, 6.07) is 23.1. The molecule has 0 saturated heterocycles. The van der Waals surface area contributed by atoms with Gasteiger partial charge < -0.3 is 22.1 Å². The van der Waals surface area contributed by atoms with Crippen LogP contribution in [0.25, 0.3) is 0 Å². The van der Waals surface area contributed by atoms with Crippen LogP contribution in [0.1, 0.15) is 63.7 Å². The molecule has 0 fully saturated rings. The van der Waals surface area contributed by atoms with Crippen molar-refractivity contribution >= 4 is 118 Å². The molecule has 0 unspecified atom stereocenters. The Labute approximate surface area is 431 Å². The van der Waals surface area contributed by atoms with Gasteiger partial charge in [-0.25, -0.2) is 25.2 Å². The average Bonchev–Trinajstić information content (AvgIpc) is 3.32. The van der Waals surface area contributed by atoms with Crippen LogP contribution < -0.4 is 22.1 Å². The fourth-order valence-electron chi connectivity index (χ4n) is 7.77. The number of ketones is 4. The summed E-state index contributed by atoms with van der Waals surface area (Å²) in [5.74, 6) is -4.36. The molecule has 6 aromatic carbocycles. The number of hydrogen-bond donors (Lipinski definition) is 8. The van der Waals surface area contributed by atoms with Crippen LogP contribution in [-0.4, -0.2) is 117 Å². The van der Waals surface area contributed by atoms with E-state index in [2.05, 4.69) is 19.0 Å². The summed E-state index contributed by atoms with van der Waals surface area (Å²) < 4.78 is 185. The van der Waals surface area contributed by atoms with Crippen molar-refractivity contribution in [2.75, 3.05) is 46.8 Å². The van der Waals surface area contributed by atoms with E-state index < -0.39 is 141 Å². The topological polar surface area (TPSA) is 449 Å². The van der Waals surface area contributed by atoms with Crippen molar-refractivity contribution in [1.82, 2.24) is 0 Å². The normalized spacial score (nSPS) is 13.6. The Kier molecular flexibility index (Phi) is 15.3. The SMILES string of the molecule is Nc1c(S(=O)(=O)O)cc(Nc2ccc(S(=O)(=O)CCOS(=O)(=O)O)cc2)c2c1C(=O)c1ccccc1C2=O.Nc1c(S(=O)(=O)O)cc(Nc2cccc(S(=O)(=O)CCOS(=O)(=O)O)c2)c2c1C(=O)c1ccccc1C2=O.